The second-order valence-electron chi connectivity index (χ2n) is 3.61. The number of hydrogen-bond donors (Lipinski definition) is 1. The van der Waals surface area contributed by atoms with Gasteiger partial charge in [0.25, 0.3) is 0 Å². The highest BCUT2D eigenvalue weighted by atomic mass is 19.3. The summed E-state index contributed by atoms with van der Waals surface area (Å²) in [5.41, 5.74) is 0.594. The number of halogens is 4. The number of rotatable bonds is 7. The van der Waals surface area contributed by atoms with Crippen molar-refractivity contribution in [2.45, 2.75) is 25.8 Å². The van der Waals surface area contributed by atoms with Crippen LogP contribution in [0.1, 0.15) is 12.5 Å². The summed E-state index contributed by atoms with van der Waals surface area (Å²) >= 11 is 0. The molecule has 0 fully saturated rings. The van der Waals surface area contributed by atoms with Crippen LogP contribution >= 0.6 is 0 Å². The lowest BCUT2D eigenvalue weighted by molar-refractivity contribution is -0.148. The molecule has 0 atom stereocenters. The fraction of sp³-hybridized carbons (Fsp3) is 0.545. The van der Waals surface area contributed by atoms with E-state index in [-0.39, 0.29) is 5.75 Å². The second kappa shape index (κ2) is 6.53. The van der Waals surface area contributed by atoms with Crippen molar-refractivity contribution < 1.29 is 22.3 Å². The predicted octanol–water partition coefficient (Wildman–Crippen LogP) is 2.47. The average molecular weight is 266 g/mol. The third kappa shape index (κ3) is 4.14. The van der Waals surface area contributed by atoms with E-state index in [2.05, 4.69) is 10.3 Å². The zero-order valence-corrected chi connectivity index (χ0v) is 9.80. The molecule has 1 aromatic rings. The van der Waals surface area contributed by atoms with Gasteiger partial charge in [-0.25, -0.2) is 8.78 Å². The molecule has 18 heavy (non-hydrogen) atoms. The molecule has 0 spiro atoms. The van der Waals surface area contributed by atoms with E-state index in [1.807, 2.05) is 6.92 Å². The largest absolute Gasteiger partial charge is 0.485 e. The number of nitrogens with one attached hydrogen (secondary N) is 1. The van der Waals surface area contributed by atoms with Crippen LogP contribution in [-0.2, 0) is 6.54 Å². The third-order valence-corrected chi connectivity index (χ3v) is 2.17. The quantitative estimate of drug-likeness (QED) is 0.770. The molecule has 1 heterocycles. The molecule has 0 aliphatic carbocycles. The van der Waals surface area contributed by atoms with Crippen LogP contribution in [-0.4, -0.2) is 30.5 Å². The maximum atomic E-state index is 12.7. The van der Waals surface area contributed by atoms with E-state index >= 15 is 0 Å². The van der Waals surface area contributed by atoms with Crippen LogP contribution in [0.3, 0.4) is 0 Å². The van der Waals surface area contributed by atoms with Gasteiger partial charge in [0.2, 0.25) is 0 Å². The average Bonchev–Trinajstić information content (AvgIpc) is 2.34. The number of ether oxygens (including phenoxy) is 1. The highest BCUT2D eigenvalue weighted by Crippen LogP contribution is 2.25. The lowest BCUT2D eigenvalue weighted by Crippen LogP contribution is -2.34. The maximum Gasteiger partial charge on any atom is 0.340 e. The first kappa shape index (κ1) is 14.7. The molecule has 0 bridgehead atoms. The highest BCUT2D eigenvalue weighted by Gasteiger charge is 2.41. The summed E-state index contributed by atoms with van der Waals surface area (Å²) in [6.45, 7) is 1.60. The molecule has 0 aliphatic rings. The van der Waals surface area contributed by atoms with E-state index in [4.69, 9.17) is 4.74 Å². The Hall–Kier alpha value is -1.37. The summed E-state index contributed by atoms with van der Waals surface area (Å²) in [6, 6.07) is 1.58. The summed E-state index contributed by atoms with van der Waals surface area (Å²) in [7, 11) is 0. The summed E-state index contributed by atoms with van der Waals surface area (Å²) in [6.07, 6.45) is -1.04. The highest BCUT2D eigenvalue weighted by molar-refractivity contribution is 5.29. The van der Waals surface area contributed by atoms with Gasteiger partial charge in [0.05, 0.1) is 6.20 Å². The molecule has 0 amide bonds. The van der Waals surface area contributed by atoms with Crippen molar-refractivity contribution in [3.8, 4) is 5.75 Å². The van der Waals surface area contributed by atoms with Crippen LogP contribution in [0.4, 0.5) is 17.6 Å². The minimum absolute atomic E-state index is 0.0822. The van der Waals surface area contributed by atoms with Gasteiger partial charge in [-0.2, -0.15) is 8.78 Å². The first-order valence-corrected chi connectivity index (χ1v) is 5.39. The number of alkyl halides is 4. The van der Waals surface area contributed by atoms with Gasteiger partial charge in [0, 0.05) is 18.3 Å². The van der Waals surface area contributed by atoms with E-state index in [0.717, 1.165) is 0 Å². The molecule has 0 saturated heterocycles. The van der Waals surface area contributed by atoms with Gasteiger partial charge in [-0.15, -0.1) is 0 Å². The predicted molar refractivity (Wildman–Crippen MR) is 58.1 cm³/mol. The third-order valence-electron chi connectivity index (χ3n) is 2.17. The second-order valence-corrected chi connectivity index (χ2v) is 3.61. The van der Waals surface area contributed by atoms with Crippen LogP contribution < -0.4 is 10.1 Å². The fourth-order valence-electron chi connectivity index (χ4n) is 1.18. The van der Waals surface area contributed by atoms with Gasteiger partial charge in [-0.3, -0.25) is 4.98 Å². The molecule has 102 valence electrons. The Kier molecular flexibility index (Phi) is 5.33. The first-order valence-electron chi connectivity index (χ1n) is 5.39. The van der Waals surface area contributed by atoms with Crippen molar-refractivity contribution in [2.75, 3.05) is 13.2 Å². The van der Waals surface area contributed by atoms with E-state index in [0.29, 0.717) is 18.7 Å². The Bertz CT molecular complexity index is 374. The number of hydrogen-bond acceptors (Lipinski definition) is 3. The lowest BCUT2D eigenvalue weighted by Gasteiger charge is -2.17. The van der Waals surface area contributed by atoms with Crippen LogP contribution in [0, 0.1) is 0 Å². The van der Waals surface area contributed by atoms with Crippen LogP contribution in [0.2, 0.25) is 0 Å². The zero-order valence-electron chi connectivity index (χ0n) is 9.80. The van der Waals surface area contributed by atoms with E-state index in [1.54, 1.807) is 6.07 Å². The minimum atomic E-state index is -4.16. The van der Waals surface area contributed by atoms with Gasteiger partial charge < -0.3 is 10.1 Å². The van der Waals surface area contributed by atoms with Gasteiger partial charge in [-0.05, 0) is 12.6 Å². The van der Waals surface area contributed by atoms with Crippen LogP contribution in [0.25, 0.3) is 0 Å². The van der Waals surface area contributed by atoms with E-state index in [9.17, 15) is 17.6 Å². The summed E-state index contributed by atoms with van der Waals surface area (Å²) in [4.78, 5) is 3.71. The molecule has 1 aromatic heterocycles. The molecule has 1 N–H and O–H groups in total. The molecular weight excluding hydrogens is 252 g/mol. The standard InChI is InChI=1S/C11H14F4N2O/c1-2-16-5-8-3-4-17-6-9(8)18-7-11(14,15)10(12)13/h3-4,6,10,16H,2,5,7H2,1H3. The zero-order chi connectivity index (χ0) is 13.6. The molecule has 0 aromatic carbocycles. The Morgan fingerprint density at radius 1 is 1.44 bits per heavy atom. The number of pyridine rings is 1. The Morgan fingerprint density at radius 2 is 2.17 bits per heavy atom. The maximum absolute atomic E-state index is 12.7. The van der Waals surface area contributed by atoms with Crippen molar-refractivity contribution in [3.05, 3.63) is 24.0 Å². The van der Waals surface area contributed by atoms with Crippen molar-refractivity contribution in [2.24, 2.45) is 0 Å². The molecule has 3 nitrogen and oxygen atoms in total. The van der Waals surface area contributed by atoms with Crippen LogP contribution in [0.5, 0.6) is 5.75 Å². The summed E-state index contributed by atoms with van der Waals surface area (Å²) in [5, 5.41) is 2.98. The molecule has 7 heteroatoms. The fourth-order valence-corrected chi connectivity index (χ4v) is 1.18. The lowest BCUT2D eigenvalue weighted by atomic mass is 10.2. The number of aromatic nitrogens is 1. The monoisotopic (exact) mass is 266 g/mol. The molecule has 0 radical (unpaired) electrons. The van der Waals surface area contributed by atoms with Gasteiger partial charge in [0.15, 0.2) is 6.61 Å². The molecule has 1 rings (SSSR count). The Morgan fingerprint density at radius 3 is 2.78 bits per heavy atom. The topological polar surface area (TPSA) is 34.2 Å². The van der Waals surface area contributed by atoms with Gasteiger partial charge in [-0.1, -0.05) is 6.92 Å². The smallest absolute Gasteiger partial charge is 0.340 e. The van der Waals surface area contributed by atoms with Crippen LogP contribution in [0.15, 0.2) is 18.5 Å². The number of nitrogens with zero attached hydrogens (tertiary/aromatic N) is 1. The Balaban J connectivity index is 2.66. The molecule has 0 unspecified atom stereocenters. The SMILES string of the molecule is CCNCc1ccncc1OCC(F)(F)C(F)F. The van der Waals surface area contributed by atoms with E-state index in [1.165, 1.54) is 12.4 Å². The summed E-state index contributed by atoms with van der Waals surface area (Å²) in [5.74, 6) is -4.08. The van der Waals surface area contributed by atoms with Crippen molar-refractivity contribution in [3.63, 3.8) is 0 Å². The van der Waals surface area contributed by atoms with Crippen molar-refractivity contribution in [1.82, 2.24) is 10.3 Å². The van der Waals surface area contributed by atoms with Crippen molar-refractivity contribution >= 4 is 0 Å². The Labute approximate surface area is 102 Å². The van der Waals surface area contributed by atoms with E-state index < -0.39 is 19.0 Å². The molecular formula is C11H14F4N2O. The van der Waals surface area contributed by atoms with Gasteiger partial charge in [0.1, 0.15) is 5.75 Å². The van der Waals surface area contributed by atoms with Gasteiger partial charge >= 0.3 is 12.3 Å². The normalized spacial score (nSPS) is 11.9. The molecule has 0 aliphatic heterocycles. The van der Waals surface area contributed by atoms with Crippen molar-refractivity contribution in [1.29, 1.82) is 0 Å². The summed E-state index contributed by atoms with van der Waals surface area (Å²) < 4.78 is 54.1. The minimum Gasteiger partial charge on any atom is -0.485 e. The first-order chi connectivity index (χ1) is 8.47. The molecule has 0 saturated carbocycles.